The van der Waals surface area contributed by atoms with E-state index in [2.05, 4.69) is 20.9 Å². The van der Waals surface area contributed by atoms with Crippen molar-refractivity contribution in [2.45, 2.75) is 58.5 Å². The third kappa shape index (κ3) is 6.87. The van der Waals surface area contributed by atoms with Gasteiger partial charge in [0.05, 0.1) is 11.6 Å². The number of H-pyrrole nitrogens is 1. The van der Waals surface area contributed by atoms with E-state index in [4.69, 9.17) is 0 Å². The van der Waals surface area contributed by atoms with Crippen LogP contribution in [0.15, 0.2) is 18.2 Å². The Hall–Kier alpha value is -3.34. The first kappa shape index (κ1) is 27.3. The molecule has 3 rings (SSSR count). The second-order valence-electron chi connectivity index (χ2n) is 10.4. The Morgan fingerprint density at radius 1 is 1.14 bits per heavy atom. The van der Waals surface area contributed by atoms with E-state index in [-0.39, 0.29) is 35.3 Å². The maximum atomic E-state index is 14.1. The first-order valence-corrected chi connectivity index (χ1v) is 11.9. The monoisotopic (exact) mass is 506 g/mol. The van der Waals surface area contributed by atoms with Crippen molar-refractivity contribution < 1.29 is 33.1 Å². The van der Waals surface area contributed by atoms with E-state index in [1.807, 2.05) is 20.8 Å². The zero-order valence-corrected chi connectivity index (χ0v) is 20.5. The average molecular weight is 507 g/mol. The van der Waals surface area contributed by atoms with E-state index in [0.717, 1.165) is 12.5 Å². The molecule has 0 bridgehead atoms. The lowest BCUT2D eigenvalue weighted by Crippen LogP contribution is -2.54. The van der Waals surface area contributed by atoms with Crippen molar-refractivity contribution in [1.82, 2.24) is 20.9 Å². The number of aromatic amines is 1. The number of Topliss-reactive ketones (excluding diaryl/α,β-unsaturated/α-hetero) is 1. The lowest BCUT2D eigenvalue weighted by atomic mass is 9.87. The third-order valence-electron chi connectivity index (χ3n) is 6.11. The van der Waals surface area contributed by atoms with Crippen molar-refractivity contribution in [1.29, 1.82) is 0 Å². The number of ketones is 1. The van der Waals surface area contributed by atoms with Gasteiger partial charge in [0.2, 0.25) is 11.8 Å². The highest BCUT2D eigenvalue weighted by molar-refractivity contribution is 6.01. The summed E-state index contributed by atoms with van der Waals surface area (Å²) in [7, 11) is 0. The van der Waals surface area contributed by atoms with Crippen molar-refractivity contribution >= 4 is 34.4 Å². The van der Waals surface area contributed by atoms with Crippen LogP contribution in [-0.4, -0.2) is 58.8 Å². The lowest BCUT2D eigenvalue weighted by molar-refractivity contribution is -0.133. The normalized spacial score (nSPS) is 17.8. The Labute approximate surface area is 207 Å². The fraction of sp³-hybridized carbons (Fsp3) is 0.520. The van der Waals surface area contributed by atoms with Gasteiger partial charge in [-0.15, -0.1) is 0 Å². The summed E-state index contributed by atoms with van der Waals surface area (Å²) in [6.07, 6.45) is 1.51. The van der Waals surface area contributed by atoms with E-state index in [9.17, 15) is 33.1 Å². The number of aliphatic hydroxyl groups is 1. The maximum Gasteiger partial charge on any atom is 0.268 e. The van der Waals surface area contributed by atoms with E-state index < -0.39 is 59.3 Å². The number of halogens is 2. The van der Waals surface area contributed by atoms with Crippen LogP contribution in [-0.2, 0) is 14.4 Å². The van der Waals surface area contributed by atoms with Crippen LogP contribution >= 0.6 is 0 Å². The van der Waals surface area contributed by atoms with Crippen LogP contribution < -0.4 is 16.0 Å². The van der Waals surface area contributed by atoms with E-state index in [0.29, 0.717) is 19.0 Å². The van der Waals surface area contributed by atoms with Gasteiger partial charge in [-0.25, -0.2) is 8.78 Å². The molecule has 0 saturated carbocycles. The molecule has 2 aromatic rings. The Bertz CT molecular complexity index is 1160. The average Bonchev–Trinajstić information content (AvgIpc) is 3.22. The smallest absolute Gasteiger partial charge is 0.268 e. The van der Waals surface area contributed by atoms with Crippen molar-refractivity contribution in [3.8, 4) is 0 Å². The van der Waals surface area contributed by atoms with Crippen LogP contribution in [0.5, 0.6) is 0 Å². The number of aliphatic hydroxyl groups excluding tert-OH is 1. The predicted octanol–water partition coefficient (Wildman–Crippen LogP) is 1.94. The molecule has 1 aliphatic rings. The number of carbonyl (C=O) groups excluding carboxylic acids is 4. The molecule has 36 heavy (non-hydrogen) atoms. The van der Waals surface area contributed by atoms with Crippen LogP contribution in [0.25, 0.3) is 10.9 Å². The fourth-order valence-electron chi connectivity index (χ4n) is 4.34. The molecule has 1 saturated heterocycles. The Morgan fingerprint density at radius 2 is 1.86 bits per heavy atom. The van der Waals surface area contributed by atoms with Gasteiger partial charge in [-0.3, -0.25) is 19.2 Å². The van der Waals surface area contributed by atoms with E-state index >= 15 is 0 Å². The summed E-state index contributed by atoms with van der Waals surface area (Å²) in [5, 5.41) is 17.5. The van der Waals surface area contributed by atoms with Gasteiger partial charge in [0.15, 0.2) is 5.78 Å². The largest absolute Gasteiger partial charge is 0.389 e. The molecule has 1 aromatic heterocycles. The summed E-state index contributed by atoms with van der Waals surface area (Å²) in [4.78, 5) is 53.3. The van der Waals surface area contributed by atoms with Crippen LogP contribution in [0.1, 0.15) is 56.9 Å². The van der Waals surface area contributed by atoms with Crippen molar-refractivity contribution in [2.24, 2.45) is 11.3 Å². The summed E-state index contributed by atoms with van der Waals surface area (Å²) >= 11 is 0. The molecule has 0 radical (unpaired) electrons. The second kappa shape index (κ2) is 11.2. The minimum Gasteiger partial charge on any atom is -0.389 e. The van der Waals surface area contributed by atoms with Crippen LogP contribution in [0.4, 0.5) is 8.78 Å². The third-order valence-corrected chi connectivity index (χ3v) is 6.11. The summed E-state index contributed by atoms with van der Waals surface area (Å²) in [5.74, 6) is -4.37. The molecule has 1 aromatic carbocycles. The molecule has 5 N–H and O–H groups in total. The van der Waals surface area contributed by atoms with Crippen molar-refractivity contribution in [2.75, 3.05) is 13.2 Å². The lowest BCUT2D eigenvalue weighted by Gasteiger charge is -2.29. The molecule has 3 atom stereocenters. The van der Waals surface area contributed by atoms with Crippen molar-refractivity contribution in [3.05, 3.63) is 35.5 Å². The molecule has 0 unspecified atom stereocenters. The molecule has 1 aliphatic heterocycles. The van der Waals surface area contributed by atoms with Crippen LogP contribution in [0.3, 0.4) is 0 Å². The van der Waals surface area contributed by atoms with Gasteiger partial charge in [-0.2, -0.15) is 0 Å². The summed E-state index contributed by atoms with van der Waals surface area (Å²) < 4.78 is 27.6. The molecular formula is C25H32F2N4O5. The topological polar surface area (TPSA) is 140 Å². The number of nitrogens with one attached hydrogen (secondary N) is 4. The maximum absolute atomic E-state index is 14.1. The van der Waals surface area contributed by atoms with Gasteiger partial charge >= 0.3 is 0 Å². The quantitative estimate of drug-likeness (QED) is 0.354. The van der Waals surface area contributed by atoms with Gasteiger partial charge in [-0.1, -0.05) is 20.8 Å². The molecule has 2 heterocycles. The Morgan fingerprint density at radius 3 is 2.50 bits per heavy atom. The summed E-state index contributed by atoms with van der Waals surface area (Å²) in [6, 6.07) is 0.863. The van der Waals surface area contributed by atoms with Gasteiger partial charge in [0.25, 0.3) is 5.91 Å². The number of aromatic nitrogens is 1. The number of piperidine rings is 1. The molecule has 9 nitrogen and oxygen atoms in total. The molecular weight excluding hydrogens is 474 g/mol. The Balaban J connectivity index is 1.79. The number of hydrogen-bond donors (Lipinski definition) is 5. The van der Waals surface area contributed by atoms with Crippen molar-refractivity contribution in [3.63, 3.8) is 0 Å². The Kier molecular flexibility index (Phi) is 8.44. The number of rotatable bonds is 9. The first-order valence-electron chi connectivity index (χ1n) is 11.9. The number of amides is 3. The molecule has 0 aliphatic carbocycles. The van der Waals surface area contributed by atoms with E-state index in [1.165, 1.54) is 6.07 Å². The molecule has 11 heteroatoms. The zero-order chi connectivity index (χ0) is 26.6. The predicted molar refractivity (Wildman–Crippen MR) is 128 cm³/mol. The highest BCUT2D eigenvalue weighted by Crippen LogP contribution is 2.24. The minimum atomic E-state index is -1.11. The van der Waals surface area contributed by atoms with Crippen LogP contribution in [0.2, 0.25) is 0 Å². The van der Waals surface area contributed by atoms with Crippen LogP contribution in [0, 0.1) is 23.0 Å². The van der Waals surface area contributed by atoms with Gasteiger partial charge in [-0.05, 0) is 43.2 Å². The molecule has 0 spiro atoms. The highest BCUT2D eigenvalue weighted by Gasteiger charge is 2.33. The number of carbonyl (C=O) groups is 4. The molecule has 1 fully saturated rings. The summed E-state index contributed by atoms with van der Waals surface area (Å²) in [5.41, 5.74) is -0.522. The zero-order valence-electron chi connectivity index (χ0n) is 20.5. The highest BCUT2D eigenvalue weighted by atomic mass is 19.1. The first-order chi connectivity index (χ1) is 16.9. The van der Waals surface area contributed by atoms with Gasteiger partial charge in [0.1, 0.15) is 30.0 Å². The molecule has 196 valence electrons. The standard InChI is InChI=1S/C25H32F2N4O5/c1-25(2,3)11-19(31-23(35)18-9-14-7-15(26)10-16(27)21(14)29-18)24(36)30-17(20(33)12-32)8-13-5-4-6-28-22(13)34/h7,9-10,13,17,19,29,32H,4-6,8,11-12H2,1-3H3,(H,28,34)(H,30,36)(H,31,35)/t13-,17-,19-/m0/s1. The van der Waals surface area contributed by atoms with Gasteiger partial charge < -0.3 is 26.0 Å². The SMILES string of the molecule is CC(C)(C)C[C@H](NC(=O)c1cc2cc(F)cc(F)c2[nH]1)C(=O)N[C@@H](C[C@@H]1CCCNC1=O)C(=O)CO. The second-order valence-corrected chi connectivity index (χ2v) is 10.4. The fourth-order valence-corrected chi connectivity index (χ4v) is 4.34. The number of hydrogen-bond acceptors (Lipinski definition) is 5. The number of benzene rings is 1. The molecule has 3 amide bonds. The van der Waals surface area contributed by atoms with E-state index in [1.54, 1.807) is 0 Å². The van der Waals surface area contributed by atoms with Gasteiger partial charge in [0, 0.05) is 23.9 Å². The minimum absolute atomic E-state index is 0.0278. The summed E-state index contributed by atoms with van der Waals surface area (Å²) in [6.45, 7) is 5.33. The number of fused-ring (bicyclic) bond motifs is 1.